The molecule has 0 bridgehead atoms. The molecular weight excluding hydrogens is 327 g/mol. The third-order valence-corrected chi connectivity index (χ3v) is 3.22. The summed E-state index contributed by atoms with van der Waals surface area (Å²) in [6.07, 6.45) is 1.72. The number of pyridine rings is 1. The molecule has 4 heteroatoms. The van der Waals surface area contributed by atoms with E-state index in [0.717, 1.165) is 9.26 Å². The molecule has 0 aliphatic rings. The predicted molar refractivity (Wildman–Crippen MR) is 74.6 cm³/mol. The maximum Gasteiger partial charge on any atom is 0.252 e. The molecule has 2 aromatic rings. The van der Waals surface area contributed by atoms with E-state index in [1.54, 1.807) is 6.20 Å². The third-order valence-electron chi connectivity index (χ3n) is 2.27. The standard InChI is InChI=1S/C13H11IN2O/c14-12-7-2-1-6-11(12)13(17)16-9-10-5-3-4-8-15-10/h1-8H,9H2,(H,16,17). The minimum absolute atomic E-state index is 0.0688. The zero-order chi connectivity index (χ0) is 12.1. The molecule has 0 saturated heterocycles. The van der Waals surface area contributed by atoms with Gasteiger partial charge in [0.15, 0.2) is 0 Å². The molecule has 86 valence electrons. The van der Waals surface area contributed by atoms with Gasteiger partial charge in [0.05, 0.1) is 17.8 Å². The Labute approximate surface area is 113 Å². The molecule has 0 saturated carbocycles. The normalized spacial score (nSPS) is 9.94. The molecule has 0 radical (unpaired) electrons. The van der Waals surface area contributed by atoms with Crippen molar-refractivity contribution in [3.05, 3.63) is 63.5 Å². The number of nitrogens with one attached hydrogen (secondary N) is 1. The van der Waals surface area contributed by atoms with Crippen molar-refractivity contribution in [1.82, 2.24) is 10.3 Å². The lowest BCUT2D eigenvalue weighted by Crippen LogP contribution is -2.24. The number of amides is 1. The molecule has 1 aromatic heterocycles. The lowest BCUT2D eigenvalue weighted by Gasteiger charge is -2.06. The Bertz CT molecular complexity index is 514. The van der Waals surface area contributed by atoms with Gasteiger partial charge in [0, 0.05) is 9.77 Å². The first-order valence-electron chi connectivity index (χ1n) is 5.20. The van der Waals surface area contributed by atoms with Crippen LogP contribution in [0.25, 0.3) is 0 Å². The highest BCUT2D eigenvalue weighted by Gasteiger charge is 2.08. The van der Waals surface area contributed by atoms with Crippen LogP contribution < -0.4 is 5.32 Å². The van der Waals surface area contributed by atoms with E-state index < -0.39 is 0 Å². The Balaban J connectivity index is 2.01. The molecule has 0 unspecified atom stereocenters. The maximum atomic E-state index is 11.9. The topological polar surface area (TPSA) is 42.0 Å². The number of benzene rings is 1. The summed E-state index contributed by atoms with van der Waals surface area (Å²) in [6.45, 7) is 0.449. The molecular formula is C13H11IN2O. The van der Waals surface area contributed by atoms with Crippen LogP contribution in [-0.4, -0.2) is 10.9 Å². The SMILES string of the molecule is O=C(NCc1ccccn1)c1ccccc1I. The Morgan fingerprint density at radius 1 is 1.18 bits per heavy atom. The average molecular weight is 338 g/mol. The summed E-state index contributed by atoms with van der Waals surface area (Å²) in [5, 5.41) is 2.85. The molecule has 2 rings (SSSR count). The van der Waals surface area contributed by atoms with Gasteiger partial charge in [0.1, 0.15) is 0 Å². The highest BCUT2D eigenvalue weighted by atomic mass is 127. The van der Waals surface area contributed by atoms with Gasteiger partial charge in [0.25, 0.3) is 5.91 Å². The van der Waals surface area contributed by atoms with E-state index in [2.05, 4.69) is 32.9 Å². The van der Waals surface area contributed by atoms with Crippen molar-refractivity contribution in [2.75, 3.05) is 0 Å². The number of hydrogen-bond donors (Lipinski definition) is 1. The van der Waals surface area contributed by atoms with Crippen molar-refractivity contribution in [1.29, 1.82) is 0 Å². The van der Waals surface area contributed by atoms with Gasteiger partial charge in [0.2, 0.25) is 0 Å². The minimum Gasteiger partial charge on any atom is -0.346 e. The predicted octanol–water partition coefficient (Wildman–Crippen LogP) is 2.62. The van der Waals surface area contributed by atoms with Crippen molar-refractivity contribution in [2.24, 2.45) is 0 Å². The maximum absolute atomic E-state index is 11.9. The molecule has 0 fully saturated rings. The number of rotatable bonds is 3. The van der Waals surface area contributed by atoms with Crippen molar-refractivity contribution >= 4 is 28.5 Å². The molecule has 0 aliphatic carbocycles. The van der Waals surface area contributed by atoms with Crippen LogP contribution >= 0.6 is 22.6 Å². The molecule has 1 heterocycles. The Morgan fingerprint density at radius 3 is 2.65 bits per heavy atom. The van der Waals surface area contributed by atoms with Gasteiger partial charge in [-0.15, -0.1) is 0 Å². The smallest absolute Gasteiger partial charge is 0.252 e. The summed E-state index contributed by atoms with van der Waals surface area (Å²) < 4.78 is 0.948. The molecule has 0 aliphatic heterocycles. The van der Waals surface area contributed by atoms with Crippen LogP contribution in [-0.2, 0) is 6.54 Å². The molecule has 17 heavy (non-hydrogen) atoms. The van der Waals surface area contributed by atoms with Gasteiger partial charge in [-0.25, -0.2) is 0 Å². The first-order valence-corrected chi connectivity index (χ1v) is 6.28. The van der Waals surface area contributed by atoms with E-state index in [4.69, 9.17) is 0 Å². The Morgan fingerprint density at radius 2 is 1.94 bits per heavy atom. The van der Waals surface area contributed by atoms with Gasteiger partial charge in [-0.2, -0.15) is 0 Å². The van der Waals surface area contributed by atoms with Crippen molar-refractivity contribution in [3.63, 3.8) is 0 Å². The summed E-state index contributed by atoms with van der Waals surface area (Å²) in [6, 6.07) is 13.1. The average Bonchev–Trinajstić information content (AvgIpc) is 2.38. The van der Waals surface area contributed by atoms with Crippen molar-refractivity contribution in [2.45, 2.75) is 6.54 Å². The first kappa shape index (κ1) is 12.0. The summed E-state index contributed by atoms with van der Waals surface area (Å²) in [4.78, 5) is 16.0. The fourth-order valence-electron chi connectivity index (χ4n) is 1.41. The summed E-state index contributed by atoms with van der Waals surface area (Å²) in [7, 11) is 0. The van der Waals surface area contributed by atoms with Crippen LogP contribution in [0.1, 0.15) is 16.1 Å². The van der Waals surface area contributed by atoms with Crippen LogP contribution in [0.2, 0.25) is 0 Å². The zero-order valence-corrected chi connectivity index (χ0v) is 11.2. The monoisotopic (exact) mass is 338 g/mol. The fraction of sp³-hybridized carbons (Fsp3) is 0.0769. The van der Waals surface area contributed by atoms with Gasteiger partial charge in [-0.05, 0) is 46.9 Å². The van der Waals surface area contributed by atoms with E-state index in [1.165, 1.54) is 0 Å². The van der Waals surface area contributed by atoms with Crippen LogP contribution in [0.5, 0.6) is 0 Å². The van der Waals surface area contributed by atoms with E-state index in [0.29, 0.717) is 12.1 Å². The largest absolute Gasteiger partial charge is 0.346 e. The Hall–Kier alpha value is -1.43. The van der Waals surface area contributed by atoms with Crippen LogP contribution in [0, 0.1) is 3.57 Å². The molecule has 1 N–H and O–H groups in total. The number of carbonyl (C=O) groups excluding carboxylic acids is 1. The summed E-state index contributed by atoms with van der Waals surface area (Å²) >= 11 is 2.15. The second kappa shape index (κ2) is 5.77. The highest BCUT2D eigenvalue weighted by Crippen LogP contribution is 2.11. The minimum atomic E-state index is -0.0688. The first-order chi connectivity index (χ1) is 8.27. The highest BCUT2D eigenvalue weighted by molar-refractivity contribution is 14.1. The quantitative estimate of drug-likeness (QED) is 0.875. The lowest BCUT2D eigenvalue weighted by atomic mass is 10.2. The second-order valence-corrected chi connectivity index (χ2v) is 4.65. The zero-order valence-electron chi connectivity index (χ0n) is 9.06. The van der Waals surface area contributed by atoms with Gasteiger partial charge < -0.3 is 5.32 Å². The number of halogens is 1. The molecule has 1 aromatic carbocycles. The molecule has 0 spiro atoms. The van der Waals surface area contributed by atoms with Gasteiger partial charge in [-0.1, -0.05) is 18.2 Å². The van der Waals surface area contributed by atoms with Crippen LogP contribution in [0.4, 0.5) is 0 Å². The summed E-state index contributed by atoms with van der Waals surface area (Å²) in [5.41, 5.74) is 1.55. The lowest BCUT2D eigenvalue weighted by molar-refractivity contribution is 0.0949. The van der Waals surface area contributed by atoms with E-state index >= 15 is 0 Å². The molecule has 1 amide bonds. The number of nitrogens with zero attached hydrogens (tertiary/aromatic N) is 1. The van der Waals surface area contributed by atoms with Crippen LogP contribution in [0.15, 0.2) is 48.7 Å². The van der Waals surface area contributed by atoms with Crippen molar-refractivity contribution in [3.8, 4) is 0 Å². The second-order valence-electron chi connectivity index (χ2n) is 3.48. The molecule has 3 nitrogen and oxygen atoms in total. The molecule has 0 atom stereocenters. The number of carbonyl (C=O) groups is 1. The van der Waals surface area contributed by atoms with Crippen LogP contribution in [0.3, 0.4) is 0 Å². The van der Waals surface area contributed by atoms with Crippen molar-refractivity contribution < 1.29 is 4.79 Å². The Kier molecular flexibility index (Phi) is 4.08. The van der Waals surface area contributed by atoms with Gasteiger partial charge >= 0.3 is 0 Å². The van der Waals surface area contributed by atoms with Gasteiger partial charge in [-0.3, -0.25) is 9.78 Å². The number of hydrogen-bond acceptors (Lipinski definition) is 2. The fourth-order valence-corrected chi connectivity index (χ4v) is 2.05. The third kappa shape index (κ3) is 3.26. The van der Waals surface area contributed by atoms with E-state index in [9.17, 15) is 4.79 Å². The summed E-state index contributed by atoms with van der Waals surface area (Å²) in [5.74, 6) is -0.0688. The number of aromatic nitrogens is 1. The van der Waals surface area contributed by atoms with E-state index in [-0.39, 0.29) is 5.91 Å². The van der Waals surface area contributed by atoms with E-state index in [1.807, 2.05) is 42.5 Å².